The maximum absolute atomic E-state index is 13.1. The quantitative estimate of drug-likeness (QED) is 0.678. The van der Waals surface area contributed by atoms with Crippen LogP contribution >= 0.6 is 0 Å². The van der Waals surface area contributed by atoms with E-state index in [4.69, 9.17) is 4.74 Å². The molecular formula is C21H34N2O4S. The first-order chi connectivity index (χ1) is 13.3. The summed E-state index contributed by atoms with van der Waals surface area (Å²) in [5.74, 6) is 0.426. The van der Waals surface area contributed by atoms with Crippen molar-refractivity contribution in [1.29, 1.82) is 0 Å². The molecule has 0 spiro atoms. The zero-order valence-corrected chi connectivity index (χ0v) is 18.3. The van der Waals surface area contributed by atoms with Gasteiger partial charge in [-0.1, -0.05) is 39.7 Å². The fourth-order valence-corrected chi connectivity index (χ4v) is 5.09. The monoisotopic (exact) mass is 410 g/mol. The van der Waals surface area contributed by atoms with E-state index in [9.17, 15) is 13.2 Å². The summed E-state index contributed by atoms with van der Waals surface area (Å²) in [4.78, 5) is 12.9. The Hall–Kier alpha value is -1.44. The van der Waals surface area contributed by atoms with E-state index in [0.717, 1.165) is 24.8 Å². The molecule has 0 aromatic heterocycles. The van der Waals surface area contributed by atoms with Crippen LogP contribution in [0.25, 0.3) is 0 Å². The molecule has 7 heteroatoms. The van der Waals surface area contributed by atoms with E-state index in [1.807, 2.05) is 13.8 Å². The molecule has 1 aliphatic heterocycles. The van der Waals surface area contributed by atoms with Gasteiger partial charge in [-0.25, -0.2) is 8.42 Å². The van der Waals surface area contributed by atoms with Crippen molar-refractivity contribution < 1.29 is 17.9 Å². The molecule has 1 fully saturated rings. The molecule has 1 saturated heterocycles. The lowest BCUT2D eigenvalue weighted by Crippen LogP contribution is -2.41. The normalized spacial score (nSPS) is 16.9. The summed E-state index contributed by atoms with van der Waals surface area (Å²) in [6.07, 6.45) is 3.69. The van der Waals surface area contributed by atoms with Gasteiger partial charge in [0.25, 0.3) is 5.91 Å². The summed E-state index contributed by atoms with van der Waals surface area (Å²) in [7, 11) is -3.64. The minimum Gasteiger partial charge on any atom is -0.379 e. The van der Waals surface area contributed by atoms with Crippen LogP contribution in [-0.2, 0) is 21.2 Å². The number of rotatable bonds is 9. The Bertz CT molecular complexity index is 756. The molecule has 1 heterocycles. The molecular weight excluding hydrogens is 376 g/mol. The van der Waals surface area contributed by atoms with Gasteiger partial charge in [-0.15, -0.1) is 0 Å². The number of hydrogen-bond donors (Lipinski definition) is 1. The molecule has 158 valence electrons. The summed E-state index contributed by atoms with van der Waals surface area (Å²) in [6, 6.07) is 5.05. The lowest BCUT2D eigenvalue weighted by Gasteiger charge is -2.27. The van der Waals surface area contributed by atoms with Crippen LogP contribution in [0.15, 0.2) is 23.1 Å². The average molecular weight is 411 g/mol. The summed E-state index contributed by atoms with van der Waals surface area (Å²) in [5, 5.41) is 3.00. The van der Waals surface area contributed by atoms with Crippen LogP contribution in [0.2, 0.25) is 0 Å². The summed E-state index contributed by atoms with van der Waals surface area (Å²) < 4.78 is 32.9. The van der Waals surface area contributed by atoms with Crippen molar-refractivity contribution in [2.45, 2.75) is 64.3 Å². The van der Waals surface area contributed by atoms with Crippen molar-refractivity contribution in [3.05, 3.63) is 29.3 Å². The highest BCUT2D eigenvalue weighted by Crippen LogP contribution is 2.23. The van der Waals surface area contributed by atoms with Gasteiger partial charge in [0.15, 0.2) is 0 Å². The first kappa shape index (κ1) is 22.8. The van der Waals surface area contributed by atoms with Gasteiger partial charge >= 0.3 is 0 Å². The number of carbonyl (C=O) groups is 1. The molecule has 1 atom stereocenters. The Morgan fingerprint density at radius 1 is 1.18 bits per heavy atom. The number of hydrogen-bond acceptors (Lipinski definition) is 4. The minimum atomic E-state index is -3.64. The second kappa shape index (κ2) is 10.4. The predicted octanol–water partition coefficient (Wildman–Crippen LogP) is 3.21. The zero-order chi connectivity index (χ0) is 20.7. The van der Waals surface area contributed by atoms with Gasteiger partial charge in [0.05, 0.1) is 18.1 Å². The maximum atomic E-state index is 13.1. The molecule has 1 aliphatic rings. The number of aryl methyl sites for hydroxylation is 1. The van der Waals surface area contributed by atoms with Crippen molar-refractivity contribution in [2.24, 2.45) is 5.92 Å². The van der Waals surface area contributed by atoms with Crippen LogP contribution in [0.1, 0.15) is 62.9 Å². The molecule has 1 aromatic carbocycles. The lowest BCUT2D eigenvalue weighted by molar-refractivity contribution is 0.0730. The van der Waals surface area contributed by atoms with E-state index >= 15 is 0 Å². The van der Waals surface area contributed by atoms with Gasteiger partial charge in [-0.2, -0.15) is 4.31 Å². The molecule has 1 aromatic rings. The zero-order valence-electron chi connectivity index (χ0n) is 17.5. The summed E-state index contributed by atoms with van der Waals surface area (Å²) >= 11 is 0. The van der Waals surface area contributed by atoms with Gasteiger partial charge in [0.2, 0.25) is 10.0 Å². The summed E-state index contributed by atoms with van der Waals surface area (Å²) in [6.45, 7) is 9.77. The molecule has 6 nitrogen and oxygen atoms in total. The van der Waals surface area contributed by atoms with E-state index in [-0.39, 0.29) is 16.8 Å². The second-order valence-corrected chi connectivity index (χ2v) is 9.80. The smallest absolute Gasteiger partial charge is 0.251 e. The molecule has 0 saturated carbocycles. The number of ether oxygens (including phenoxy) is 1. The van der Waals surface area contributed by atoms with Crippen LogP contribution in [0, 0.1) is 5.92 Å². The first-order valence-corrected chi connectivity index (χ1v) is 11.7. The maximum Gasteiger partial charge on any atom is 0.251 e. The predicted molar refractivity (Wildman–Crippen MR) is 111 cm³/mol. The highest BCUT2D eigenvalue weighted by atomic mass is 32.2. The molecule has 0 bridgehead atoms. The van der Waals surface area contributed by atoms with Crippen molar-refractivity contribution >= 4 is 15.9 Å². The van der Waals surface area contributed by atoms with Gasteiger partial charge in [0.1, 0.15) is 0 Å². The fourth-order valence-electron chi connectivity index (χ4n) is 3.37. The fraction of sp³-hybridized carbons (Fsp3) is 0.667. The minimum absolute atomic E-state index is 0.0522. The molecule has 0 radical (unpaired) electrons. The van der Waals surface area contributed by atoms with Gasteiger partial charge < -0.3 is 10.1 Å². The molecule has 2 rings (SSSR count). The third-order valence-electron chi connectivity index (χ3n) is 5.09. The first-order valence-electron chi connectivity index (χ1n) is 10.3. The van der Waals surface area contributed by atoms with Crippen LogP contribution in [0.4, 0.5) is 0 Å². The third-order valence-corrected chi connectivity index (χ3v) is 7.08. The van der Waals surface area contributed by atoms with Crippen LogP contribution in [0.5, 0.6) is 0 Å². The van der Waals surface area contributed by atoms with Crippen molar-refractivity contribution in [1.82, 2.24) is 9.62 Å². The average Bonchev–Trinajstić information content (AvgIpc) is 2.67. The Balaban J connectivity index is 2.16. The summed E-state index contributed by atoms with van der Waals surface area (Å²) in [5.41, 5.74) is 1.12. The van der Waals surface area contributed by atoms with Crippen LogP contribution in [0.3, 0.4) is 0 Å². The number of carbonyl (C=O) groups excluding carboxylic acids is 1. The molecule has 28 heavy (non-hydrogen) atoms. The second-order valence-electron chi connectivity index (χ2n) is 7.89. The number of sulfonamides is 1. The molecule has 0 aliphatic carbocycles. The van der Waals surface area contributed by atoms with E-state index in [1.165, 1.54) is 10.4 Å². The van der Waals surface area contributed by atoms with Crippen LogP contribution in [-0.4, -0.2) is 51.0 Å². The lowest BCUT2D eigenvalue weighted by atomic mass is 10.0. The SMILES string of the molecule is CCc1ccc(C(=O)NC(C)CCCC(C)C)cc1S(=O)(=O)N1CCOCC1. The van der Waals surface area contributed by atoms with Crippen molar-refractivity contribution in [2.75, 3.05) is 26.3 Å². The number of morpholine rings is 1. The number of benzene rings is 1. The molecule has 1 unspecified atom stereocenters. The van der Waals surface area contributed by atoms with E-state index in [0.29, 0.717) is 44.2 Å². The van der Waals surface area contributed by atoms with E-state index in [2.05, 4.69) is 19.2 Å². The van der Waals surface area contributed by atoms with Crippen LogP contribution < -0.4 is 5.32 Å². The number of nitrogens with one attached hydrogen (secondary N) is 1. The number of amides is 1. The topological polar surface area (TPSA) is 75.7 Å². The van der Waals surface area contributed by atoms with E-state index in [1.54, 1.807) is 12.1 Å². The Morgan fingerprint density at radius 2 is 1.86 bits per heavy atom. The third kappa shape index (κ3) is 6.03. The Kier molecular flexibility index (Phi) is 8.46. The molecule has 1 N–H and O–H groups in total. The standard InChI is InChI=1S/C21H34N2O4S/c1-5-18-9-10-19(21(24)22-17(4)8-6-7-16(2)3)15-20(18)28(25,26)23-11-13-27-14-12-23/h9-10,15-17H,5-8,11-14H2,1-4H3,(H,22,24). The van der Waals surface area contributed by atoms with Crippen molar-refractivity contribution in [3.63, 3.8) is 0 Å². The van der Waals surface area contributed by atoms with E-state index < -0.39 is 10.0 Å². The van der Waals surface area contributed by atoms with Gasteiger partial charge in [-0.05, 0) is 43.4 Å². The largest absolute Gasteiger partial charge is 0.379 e. The number of nitrogens with zero attached hydrogens (tertiary/aromatic N) is 1. The van der Waals surface area contributed by atoms with Gasteiger partial charge in [-0.3, -0.25) is 4.79 Å². The Morgan fingerprint density at radius 3 is 2.46 bits per heavy atom. The van der Waals surface area contributed by atoms with Crippen molar-refractivity contribution in [3.8, 4) is 0 Å². The highest BCUT2D eigenvalue weighted by molar-refractivity contribution is 7.89. The highest BCUT2D eigenvalue weighted by Gasteiger charge is 2.29. The molecule has 1 amide bonds. The van der Waals surface area contributed by atoms with Gasteiger partial charge in [0, 0.05) is 24.7 Å². The Labute approximate surface area is 169 Å².